The summed E-state index contributed by atoms with van der Waals surface area (Å²) in [5.41, 5.74) is 0.352. The number of carboxylic acid groups (broad SMARTS) is 1. The van der Waals surface area contributed by atoms with Crippen LogP contribution in [0.1, 0.15) is 47.1 Å². The number of carboxylic acids is 1. The van der Waals surface area contributed by atoms with Gasteiger partial charge in [-0.3, -0.25) is 4.79 Å². The normalized spacial score (nSPS) is 14.1. The summed E-state index contributed by atoms with van der Waals surface area (Å²) in [6.07, 6.45) is 1.18. The molecule has 2 amide bonds. The monoisotopic (exact) mass is 418 g/mol. The van der Waals surface area contributed by atoms with E-state index in [1.807, 2.05) is 44.2 Å². The zero-order chi connectivity index (χ0) is 23.1. The third kappa shape index (κ3) is 8.27. The Balaban J connectivity index is 3.16. The number of aliphatic carboxylic acids is 1. The van der Waals surface area contributed by atoms with Gasteiger partial charge in [0, 0.05) is 19.0 Å². The Kier molecular flexibility index (Phi) is 9.08. The second kappa shape index (κ2) is 10.8. The molecule has 0 saturated carbocycles. The van der Waals surface area contributed by atoms with Crippen molar-refractivity contribution in [3.63, 3.8) is 0 Å². The summed E-state index contributed by atoms with van der Waals surface area (Å²) in [6, 6.07) is 8.08. The molecule has 0 bridgehead atoms. The lowest BCUT2D eigenvalue weighted by atomic mass is 9.98. The minimum Gasteiger partial charge on any atom is -0.478 e. The van der Waals surface area contributed by atoms with Gasteiger partial charge in [0.15, 0.2) is 0 Å². The number of carbonyl (C=O) groups excluding carboxylic acids is 2. The third-order valence-electron chi connectivity index (χ3n) is 4.51. The molecule has 0 aliphatic rings. The molecule has 2 atom stereocenters. The first kappa shape index (κ1) is 25.2. The molecule has 7 heteroatoms. The van der Waals surface area contributed by atoms with Gasteiger partial charge in [-0.15, -0.1) is 0 Å². The number of rotatable bonds is 8. The van der Waals surface area contributed by atoms with Crippen molar-refractivity contribution in [2.24, 2.45) is 5.92 Å². The fraction of sp³-hybridized carbons (Fsp3) is 0.522. The van der Waals surface area contributed by atoms with Crippen LogP contribution in [0.3, 0.4) is 0 Å². The minimum absolute atomic E-state index is 0.0212. The van der Waals surface area contributed by atoms with Crippen LogP contribution in [0.15, 0.2) is 42.0 Å². The number of nitrogens with one attached hydrogen (secondary N) is 1. The van der Waals surface area contributed by atoms with E-state index in [0.717, 1.165) is 5.56 Å². The number of ether oxygens (including phenoxy) is 1. The van der Waals surface area contributed by atoms with Crippen LogP contribution in [-0.2, 0) is 20.7 Å². The van der Waals surface area contributed by atoms with Gasteiger partial charge < -0.3 is 20.1 Å². The summed E-state index contributed by atoms with van der Waals surface area (Å²) in [7, 11) is 1.62. The average Bonchev–Trinajstić information content (AvgIpc) is 2.63. The number of likely N-dealkylation sites (N-methyl/N-ethyl adjacent to an activating group) is 1. The predicted molar refractivity (Wildman–Crippen MR) is 116 cm³/mol. The molecule has 1 rings (SSSR count). The van der Waals surface area contributed by atoms with E-state index in [-0.39, 0.29) is 23.8 Å². The number of alkyl carbamates (subject to hydrolysis) is 1. The van der Waals surface area contributed by atoms with E-state index in [1.54, 1.807) is 33.9 Å². The van der Waals surface area contributed by atoms with Crippen LogP contribution in [0, 0.1) is 5.92 Å². The van der Waals surface area contributed by atoms with Crippen molar-refractivity contribution < 1.29 is 24.2 Å². The Bertz CT molecular complexity index is 766. The maximum atomic E-state index is 13.3. The largest absolute Gasteiger partial charge is 0.478 e. The maximum Gasteiger partial charge on any atom is 0.408 e. The highest BCUT2D eigenvalue weighted by molar-refractivity contribution is 5.88. The highest BCUT2D eigenvalue weighted by Crippen LogP contribution is 2.16. The van der Waals surface area contributed by atoms with Crippen LogP contribution in [-0.4, -0.2) is 52.7 Å². The summed E-state index contributed by atoms with van der Waals surface area (Å²) >= 11 is 0. The Morgan fingerprint density at radius 1 is 1.17 bits per heavy atom. The molecular formula is C23H34N2O5. The van der Waals surface area contributed by atoms with Crippen LogP contribution in [0.2, 0.25) is 0 Å². The van der Waals surface area contributed by atoms with E-state index in [4.69, 9.17) is 4.74 Å². The number of nitrogens with zero attached hydrogens (tertiary/aromatic N) is 1. The van der Waals surface area contributed by atoms with Crippen molar-refractivity contribution in [3.8, 4) is 0 Å². The van der Waals surface area contributed by atoms with E-state index in [0.29, 0.717) is 0 Å². The van der Waals surface area contributed by atoms with Gasteiger partial charge in [0.2, 0.25) is 5.91 Å². The van der Waals surface area contributed by atoms with E-state index in [9.17, 15) is 19.5 Å². The van der Waals surface area contributed by atoms with Crippen LogP contribution < -0.4 is 5.32 Å². The number of carbonyl (C=O) groups is 3. The molecule has 7 nitrogen and oxygen atoms in total. The van der Waals surface area contributed by atoms with E-state index in [1.165, 1.54) is 11.8 Å². The highest BCUT2D eigenvalue weighted by atomic mass is 16.6. The van der Waals surface area contributed by atoms with Gasteiger partial charge in [0.05, 0.1) is 6.04 Å². The quantitative estimate of drug-likeness (QED) is 0.629. The summed E-state index contributed by atoms with van der Waals surface area (Å²) in [5, 5.41) is 11.9. The fourth-order valence-corrected chi connectivity index (χ4v) is 2.97. The van der Waals surface area contributed by atoms with Gasteiger partial charge in [-0.1, -0.05) is 50.3 Å². The molecule has 166 valence electrons. The molecule has 0 saturated heterocycles. The Labute approximate surface area is 179 Å². The summed E-state index contributed by atoms with van der Waals surface area (Å²) in [4.78, 5) is 38.4. The first-order chi connectivity index (χ1) is 13.8. The molecule has 0 aliphatic carbocycles. The summed E-state index contributed by atoms with van der Waals surface area (Å²) in [5.74, 6) is -1.38. The maximum absolute atomic E-state index is 13.3. The Morgan fingerprint density at radius 3 is 2.20 bits per heavy atom. The van der Waals surface area contributed by atoms with Crippen molar-refractivity contribution in [2.45, 2.75) is 65.6 Å². The molecule has 0 fully saturated rings. The number of hydrogen-bond donors (Lipinski definition) is 2. The van der Waals surface area contributed by atoms with Crippen molar-refractivity contribution in [1.29, 1.82) is 0 Å². The van der Waals surface area contributed by atoms with Gasteiger partial charge in [0.1, 0.15) is 11.6 Å². The zero-order valence-corrected chi connectivity index (χ0v) is 18.9. The molecule has 30 heavy (non-hydrogen) atoms. The third-order valence-corrected chi connectivity index (χ3v) is 4.51. The predicted octanol–water partition coefficient (Wildman–Crippen LogP) is 3.64. The van der Waals surface area contributed by atoms with E-state index >= 15 is 0 Å². The van der Waals surface area contributed by atoms with Gasteiger partial charge in [0.25, 0.3) is 0 Å². The molecular weight excluding hydrogens is 384 g/mol. The van der Waals surface area contributed by atoms with Crippen molar-refractivity contribution in [2.75, 3.05) is 7.05 Å². The molecule has 0 radical (unpaired) electrons. The van der Waals surface area contributed by atoms with Crippen LogP contribution in [0.4, 0.5) is 4.79 Å². The average molecular weight is 419 g/mol. The lowest BCUT2D eigenvalue weighted by Crippen LogP contribution is -2.52. The Morgan fingerprint density at radius 2 is 1.73 bits per heavy atom. The standard InChI is InChI=1S/C23H34N2O5/c1-15(2)19(13-16(3)21(27)28)25(7)20(26)18(14-17-11-9-8-10-12-17)24-22(29)30-23(4,5)6/h8-13,15,18-19H,14H2,1-7H3,(H,24,29)(H,27,28)/b16-13+/t18-,19+/m0/s1. The molecule has 0 heterocycles. The summed E-state index contributed by atoms with van der Waals surface area (Å²) in [6.45, 7) is 10.6. The molecule has 1 aromatic carbocycles. The van der Waals surface area contributed by atoms with Gasteiger partial charge in [-0.25, -0.2) is 9.59 Å². The zero-order valence-electron chi connectivity index (χ0n) is 18.9. The van der Waals surface area contributed by atoms with E-state index < -0.39 is 29.7 Å². The molecule has 0 spiro atoms. The minimum atomic E-state index is -1.03. The van der Waals surface area contributed by atoms with Crippen LogP contribution in [0.25, 0.3) is 0 Å². The number of amides is 2. The lowest BCUT2D eigenvalue weighted by molar-refractivity contribution is -0.135. The Hall–Kier alpha value is -2.83. The fourth-order valence-electron chi connectivity index (χ4n) is 2.97. The van der Waals surface area contributed by atoms with Gasteiger partial charge in [-0.2, -0.15) is 0 Å². The highest BCUT2D eigenvalue weighted by Gasteiger charge is 2.31. The molecule has 0 aliphatic heterocycles. The number of hydrogen-bond acceptors (Lipinski definition) is 4. The summed E-state index contributed by atoms with van der Waals surface area (Å²) < 4.78 is 5.33. The topological polar surface area (TPSA) is 95.9 Å². The second-order valence-electron chi connectivity index (χ2n) is 8.73. The van der Waals surface area contributed by atoms with E-state index in [2.05, 4.69) is 5.32 Å². The molecule has 1 aromatic rings. The number of benzene rings is 1. The van der Waals surface area contributed by atoms with Crippen LogP contribution in [0.5, 0.6) is 0 Å². The molecule has 0 aromatic heterocycles. The van der Waals surface area contributed by atoms with Gasteiger partial charge >= 0.3 is 12.1 Å². The first-order valence-corrected chi connectivity index (χ1v) is 10.0. The smallest absolute Gasteiger partial charge is 0.408 e. The first-order valence-electron chi connectivity index (χ1n) is 10.0. The lowest BCUT2D eigenvalue weighted by Gasteiger charge is -2.33. The molecule has 0 unspecified atom stereocenters. The van der Waals surface area contributed by atoms with Crippen molar-refractivity contribution >= 4 is 18.0 Å². The molecule has 2 N–H and O–H groups in total. The van der Waals surface area contributed by atoms with Gasteiger partial charge in [-0.05, 0) is 39.2 Å². The SMILES string of the molecule is C/C(=C\[C@H](C(C)C)N(C)C(=O)[C@H](Cc1ccccc1)NC(=O)OC(C)(C)C)C(=O)O. The van der Waals surface area contributed by atoms with Crippen LogP contribution >= 0.6 is 0 Å². The van der Waals surface area contributed by atoms with Crippen molar-refractivity contribution in [1.82, 2.24) is 10.2 Å². The van der Waals surface area contributed by atoms with Crippen molar-refractivity contribution in [3.05, 3.63) is 47.5 Å². The second-order valence-corrected chi connectivity index (χ2v) is 8.73.